The van der Waals surface area contributed by atoms with Crippen molar-refractivity contribution in [1.29, 1.82) is 0 Å². The average molecular weight is 262 g/mol. The summed E-state index contributed by atoms with van der Waals surface area (Å²) in [4.78, 5) is 16.5. The zero-order valence-electron chi connectivity index (χ0n) is 11.9. The topological polar surface area (TPSA) is 43.8 Å². The number of likely N-dealkylation sites (N-methyl/N-ethyl adjacent to an activating group) is 1. The van der Waals surface area contributed by atoms with Crippen LogP contribution in [0.1, 0.15) is 17.5 Å². The molecule has 1 atom stereocenters. The summed E-state index contributed by atoms with van der Waals surface area (Å²) >= 11 is 0. The fourth-order valence-corrected chi connectivity index (χ4v) is 2.81. The lowest BCUT2D eigenvalue weighted by Crippen LogP contribution is -2.56. The molecular formula is C15H22N2O2. The normalized spacial score (nSPS) is 20.9. The first-order chi connectivity index (χ1) is 9.06. The summed E-state index contributed by atoms with van der Waals surface area (Å²) in [7, 11) is 1.94. The largest absolute Gasteiger partial charge is 0.396 e. The summed E-state index contributed by atoms with van der Waals surface area (Å²) in [6.45, 7) is 5.67. The van der Waals surface area contributed by atoms with Gasteiger partial charge in [0.25, 0.3) is 0 Å². The monoisotopic (exact) mass is 262 g/mol. The number of rotatable bonds is 3. The quantitative estimate of drug-likeness (QED) is 0.894. The van der Waals surface area contributed by atoms with Gasteiger partial charge in [-0.15, -0.1) is 0 Å². The van der Waals surface area contributed by atoms with Gasteiger partial charge in [-0.3, -0.25) is 9.69 Å². The predicted octanol–water partition coefficient (Wildman–Crippen LogP) is 1.33. The van der Waals surface area contributed by atoms with Gasteiger partial charge in [0.15, 0.2) is 0 Å². The Morgan fingerprint density at radius 3 is 2.47 bits per heavy atom. The molecule has 4 nitrogen and oxygen atoms in total. The molecule has 4 heteroatoms. The molecule has 1 fully saturated rings. The molecule has 1 aromatic carbocycles. The Kier molecular flexibility index (Phi) is 4.22. The third kappa shape index (κ3) is 2.65. The minimum Gasteiger partial charge on any atom is -0.396 e. The van der Waals surface area contributed by atoms with Gasteiger partial charge < -0.3 is 10.0 Å². The standard InChI is InChI=1S/C15H22N2O2/c1-11-5-4-6-12(2)14(11)17-9-8-16(3)13(7-10-18)15(17)19/h4-6,13,18H,7-10H2,1-3H3. The third-order valence-corrected chi connectivity index (χ3v) is 3.87. The molecule has 2 rings (SSSR count). The molecular weight excluding hydrogens is 240 g/mol. The first-order valence-electron chi connectivity index (χ1n) is 6.75. The Balaban J connectivity index is 2.32. The van der Waals surface area contributed by atoms with Crippen LogP contribution in [0, 0.1) is 13.8 Å². The number of amides is 1. The summed E-state index contributed by atoms with van der Waals surface area (Å²) in [6.07, 6.45) is 0.497. The number of aryl methyl sites for hydroxylation is 2. The van der Waals surface area contributed by atoms with Gasteiger partial charge in [-0.25, -0.2) is 0 Å². The summed E-state index contributed by atoms with van der Waals surface area (Å²) < 4.78 is 0. The van der Waals surface area contributed by atoms with Crippen molar-refractivity contribution < 1.29 is 9.90 Å². The zero-order chi connectivity index (χ0) is 14.0. The van der Waals surface area contributed by atoms with E-state index in [2.05, 4.69) is 0 Å². The molecule has 0 aromatic heterocycles. The molecule has 104 valence electrons. The van der Waals surface area contributed by atoms with Crippen molar-refractivity contribution in [2.45, 2.75) is 26.3 Å². The van der Waals surface area contributed by atoms with E-state index < -0.39 is 0 Å². The van der Waals surface area contributed by atoms with Crippen LogP contribution in [0.2, 0.25) is 0 Å². The second kappa shape index (κ2) is 5.72. The van der Waals surface area contributed by atoms with Gasteiger partial charge in [0.1, 0.15) is 0 Å². The summed E-state index contributed by atoms with van der Waals surface area (Å²) in [5.41, 5.74) is 3.28. The van der Waals surface area contributed by atoms with Crippen LogP contribution in [0.5, 0.6) is 0 Å². The van der Waals surface area contributed by atoms with Crippen LogP contribution in [0.3, 0.4) is 0 Å². The highest BCUT2D eigenvalue weighted by atomic mass is 16.3. The number of hydrogen-bond acceptors (Lipinski definition) is 3. The Hall–Kier alpha value is -1.39. The van der Waals surface area contributed by atoms with Crippen molar-refractivity contribution in [2.24, 2.45) is 0 Å². The molecule has 1 N–H and O–H groups in total. The Morgan fingerprint density at radius 1 is 1.26 bits per heavy atom. The van der Waals surface area contributed by atoms with Crippen LogP contribution in [-0.4, -0.2) is 48.7 Å². The number of benzene rings is 1. The van der Waals surface area contributed by atoms with Crippen molar-refractivity contribution in [3.8, 4) is 0 Å². The fourth-order valence-electron chi connectivity index (χ4n) is 2.81. The van der Waals surface area contributed by atoms with Gasteiger partial charge in [0.2, 0.25) is 5.91 Å². The zero-order valence-corrected chi connectivity index (χ0v) is 11.9. The van der Waals surface area contributed by atoms with Crippen LogP contribution >= 0.6 is 0 Å². The summed E-state index contributed by atoms with van der Waals surface area (Å²) in [5, 5.41) is 9.12. The van der Waals surface area contributed by atoms with Crippen molar-refractivity contribution >= 4 is 11.6 Å². The van der Waals surface area contributed by atoms with Crippen LogP contribution in [0.4, 0.5) is 5.69 Å². The number of aliphatic hydroxyl groups is 1. The summed E-state index contributed by atoms with van der Waals surface area (Å²) in [6, 6.07) is 5.88. The highest BCUT2D eigenvalue weighted by molar-refractivity contribution is 5.99. The van der Waals surface area contributed by atoms with Crippen molar-refractivity contribution in [1.82, 2.24) is 4.90 Å². The molecule has 0 radical (unpaired) electrons. The lowest BCUT2D eigenvalue weighted by atomic mass is 10.0. The lowest BCUT2D eigenvalue weighted by Gasteiger charge is -2.39. The average Bonchev–Trinajstić information content (AvgIpc) is 2.37. The molecule has 0 aliphatic carbocycles. The number of para-hydroxylation sites is 1. The van der Waals surface area contributed by atoms with Crippen LogP contribution < -0.4 is 4.90 Å². The maximum absolute atomic E-state index is 12.6. The number of carbonyl (C=O) groups excluding carboxylic acids is 1. The number of piperazine rings is 1. The minimum atomic E-state index is -0.210. The molecule has 1 aliphatic heterocycles. The number of carbonyl (C=O) groups is 1. The predicted molar refractivity (Wildman–Crippen MR) is 76.4 cm³/mol. The van der Waals surface area contributed by atoms with Gasteiger partial charge in [-0.1, -0.05) is 18.2 Å². The first-order valence-corrected chi connectivity index (χ1v) is 6.75. The van der Waals surface area contributed by atoms with Crippen LogP contribution in [-0.2, 0) is 4.79 Å². The molecule has 0 bridgehead atoms. The second-order valence-electron chi connectivity index (χ2n) is 5.24. The Labute approximate surface area is 114 Å². The molecule has 0 saturated carbocycles. The van der Waals surface area contributed by atoms with Gasteiger partial charge in [0.05, 0.1) is 6.04 Å². The lowest BCUT2D eigenvalue weighted by molar-refractivity contribution is -0.125. The van der Waals surface area contributed by atoms with E-state index in [4.69, 9.17) is 5.11 Å². The van der Waals surface area contributed by atoms with Gasteiger partial charge in [-0.05, 0) is 38.4 Å². The second-order valence-corrected chi connectivity index (χ2v) is 5.24. The molecule has 1 unspecified atom stereocenters. The molecule has 1 aliphatic rings. The van der Waals surface area contributed by atoms with Crippen molar-refractivity contribution in [2.75, 3.05) is 31.6 Å². The van der Waals surface area contributed by atoms with Gasteiger partial charge in [0, 0.05) is 25.4 Å². The van der Waals surface area contributed by atoms with Crippen molar-refractivity contribution in [3.63, 3.8) is 0 Å². The molecule has 1 aromatic rings. The maximum Gasteiger partial charge on any atom is 0.244 e. The van der Waals surface area contributed by atoms with Gasteiger partial charge in [-0.2, -0.15) is 0 Å². The van der Waals surface area contributed by atoms with E-state index in [1.807, 2.05) is 48.9 Å². The van der Waals surface area contributed by atoms with Gasteiger partial charge >= 0.3 is 0 Å². The van der Waals surface area contributed by atoms with E-state index >= 15 is 0 Å². The molecule has 1 heterocycles. The molecule has 1 amide bonds. The van der Waals surface area contributed by atoms with E-state index in [-0.39, 0.29) is 18.6 Å². The highest BCUT2D eigenvalue weighted by Gasteiger charge is 2.33. The Morgan fingerprint density at radius 2 is 1.89 bits per heavy atom. The van der Waals surface area contributed by atoms with Crippen LogP contribution in [0.25, 0.3) is 0 Å². The first kappa shape index (κ1) is 14.0. The van der Waals surface area contributed by atoms with Crippen molar-refractivity contribution in [3.05, 3.63) is 29.3 Å². The fraction of sp³-hybridized carbons (Fsp3) is 0.533. The van der Waals surface area contributed by atoms with Crippen LogP contribution in [0.15, 0.2) is 18.2 Å². The number of nitrogens with zero attached hydrogens (tertiary/aromatic N) is 2. The number of hydrogen-bond donors (Lipinski definition) is 1. The molecule has 0 spiro atoms. The molecule has 1 saturated heterocycles. The number of anilines is 1. The van der Waals surface area contributed by atoms with E-state index in [1.165, 1.54) is 0 Å². The third-order valence-electron chi connectivity index (χ3n) is 3.87. The molecule has 19 heavy (non-hydrogen) atoms. The van der Waals surface area contributed by atoms with E-state index in [0.717, 1.165) is 23.4 Å². The van der Waals surface area contributed by atoms with E-state index in [9.17, 15) is 4.79 Å². The maximum atomic E-state index is 12.6. The summed E-state index contributed by atoms with van der Waals surface area (Å²) in [5.74, 6) is 0.0974. The highest BCUT2D eigenvalue weighted by Crippen LogP contribution is 2.27. The van der Waals surface area contributed by atoms with E-state index in [0.29, 0.717) is 13.0 Å². The SMILES string of the molecule is Cc1cccc(C)c1N1CCN(C)C(CCO)C1=O. The smallest absolute Gasteiger partial charge is 0.244 e. The van der Waals surface area contributed by atoms with E-state index in [1.54, 1.807) is 0 Å². The minimum absolute atomic E-state index is 0.0430. The number of aliphatic hydroxyl groups excluding tert-OH is 1. The Bertz CT molecular complexity index is 453.